The number of hydrogen-bond acceptors (Lipinski definition) is 4. The number of ether oxygens (including phenoxy) is 1. The molecule has 5 heteroatoms. The van der Waals surface area contributed by atoms with Gasteiger partial charge in [-0.1, -0.05) is 11.6 Å². The molecule has 0 atom stereocenters. The average molecular weight is 326 g/mol. The van der Waals surface area contributed by atoms with Crippen molar-refractivity contribution in [2.24, 2.45) is 0 Å². The largest absolute Gasteiger partial charge is 0.383 e. The average Bonchev–Trinajstić information content (AvgIpc) is 3.08. The van der Waals surface area contributed by atoms with Gasteiger partial charge in [0.15, 0.2) is 0 Å². The Morgan fingerprint density at radius 1 is 1.30 bits per heavy atom. The standard InChI is InChI=1S/C18H18N2O2S/c1-12-3-4-16-14(9-12)15(18(21)19-6-7-22-2)10-17(20-16)13-5-8-23-11-13/h3-5,8-11H,6-7H2,1-2H3,(H,19,21). The fraction of sp³-hybridized carbons (Fsp3) is 0.222. The Morgan fingerprint density at radius 2 is 2.17 bits per heavy atom. The third-order valence-electron chi connectivity index (χ3n) is 3.62. The van der Waals surface area contributed by atoms with Crippen molar-refractivity contribution in [3.63, 3.8) is 0 Å². The van der Waals surface area contributed by atoms with Crippen LogP contribution in [-0.4, -0.2) is 31.2 Å². The van der Waals surface area contributed by atoms with Crippen molar-refractivity contribution >= 4 is 28.1 Å². The summed E-state index contributed by atoms with van der Waals surface area (Å²) in [5.41, 5.74) is 4.43. The van der Waals surface area contributed by atoms with Gasteiger partial charge in [0.1, 0.15) is 0 Å². The first-order valence-corrected chi connectivity index (χ1v) is 8.34. The Hall–Kier alpha value is -2.24. The molecule has 0 aliphatic heterocycles. The lowest BCUT2D eigenvalue weighted by Gasteiger charge is -2.10. The maximum Gasteiger partial charge on any atom is 0.252 e. The van der Waals surface area contributed by atoms with E-state index in [4.69, 9.17) is 9.72 Å². The van der Waals surface area contributed by atoms with Gasteiger partial charge >= 0.3 is 0 Å². The summed E-state index contributed by atoms with van der Waals surface area (Å²) in [6.45, 7) is 2.99. The second-order valence-electron chi connectivity index (χ2n) is 5.34. The van der Waals surface area contributed by atoms with Crippen molar-refractivity contribution in [2.45, 2.75) is 6.92 Å². The summed E-state index contributed by atoms with van der Waals surface area (Å²) < 4.78 is 4.99. The number of nitrogens with zero attached hydrogens (tertiary/aromatic N) is 1. The van der Waals surface area contributed by atoms with Crippen molar-refractivity contribution in [1.29, 1.82) is 0 Å². The summed E-state index contributed by atoms with van der Waals surface area (Å²) in [7, 11) is 1.62. The van der Waals surface area contributed by atoms with E-state index in [-0.39, 0.29) is 5.91 Å². The van der Waals surface area contributed by atoms with E-state index in [2.05, 4.69) is 5.32 Å². The van der Waals surface area contributed by atoms with Gasteiger partial charge in [0, 0.05) is 30.0 Å². The number of hydrogen-bond donors (Lipinski definition) is 1. The zero-order chi connectivity index (χ0) is 16.2. The van der Waals surface area contributed by atoms with Crippen LogP contribution in [-0.2, 0) is 4.74 Å². The van der Waals surface area contributed by atoms with Gasteiger partial charge in [-0.2, -0.15) is 11.3 Å². The zero-order valence-corrected chi connectivity index (χ0v) is 13.9. The van der Waals surface area contributed by atoms with Gasteiger partial charge in [0.05, 0.1) is 23.4 Å². The van der Waals surface area contributed by atoms with Gasteiger partial charge in [-0.05, 0) is 36.6 Å². The summed E-state index contributed by atoms with van der Waals surface area (Å²) in [5, 5.41) is 7.81. The van der Waals surface area contributed by atoms with E-state index >= 15 is 0 Å². The molecule has 0 aliphatic carbocycles. The highest BCUT2D eigenvalue weighted by Gasteiger charge is 2.14. The number of nitrogens with one attached hydrogen (secondary N) is 1. The second-order valence-corrected chi connectivity index (χ2v) is 6.12. The molecular weight excluding hydrogens is 308 g/mol. The highest BCUT2D eigenvalue weighted by atomic mass is 32.1. The van der Waals surface area contributed by atoms with E-state index in [9.17, 15) is 4.79 Å². The van der Waals surface area contributed by atoms with E-state index < -0.39 is 0 Å². The van der Waals surface area contributed by atoms with E-state index in [1.54, 1.807) is 18.4 Å². The number of carbonyl (C=O) groups is 1. The molecule has 118 valence electrons. The number of aryl methyl sites for hydroxylation is 1. The van der Waals surface area contributed by atoms with Crippen molar-refractivity contribution in [2.75, 3.05) is 20.3 Å². The SMILES string of the molecule is COCCNC(=O)c1cc(-c2ccsc2)nc2ccc(C)cc12. The van der Waals surface area contributed by atoms with Crippen LogP contribution in [0.3, 0.4) is 0 Å². The molecule has 3 rings (SSSR count). The van der Waals surface area contributed by atoms with Crippen LogP contribution < -0.4 is 5.32 Å². The first-order valence-electron chi connectivity index (χ1n) is 7.40. The maximum atomic E-state index is 12.6. The van der Waals surface area contributed by atoms with E-state index in [0.29, 0.717) is 18.7 Å². The Kier molecular flexibility index (Phi) is 4.69. The maximum absolute atomic E-state index is 12.6. The van der Waals surface area contributed by atoms with Gasteiger partial charge in [-0.3, -0.25) is 4.79 Å². The highest BCUT2D eigenvalue weighted by molar-refractivity contribution is 7.08. The molecule has 4 nitrogen and oxygen atoms in total. The fourth-order valence-corrected chi connectivity index (χ4v) is 3.10. The number of fused-ring (bicyclic) bond motifs is 1. The van der Waals surface area contributed by atoms with Gasteiger partial charge in [-0.25, -0.2) is 4.98 Å². The third kappa shape index (κ3) is 3.41. The molecule has 0 bridgehead atoms. The van der Waals surface area contributed by atoms with Crippen LogP contribution >= 0.6 is 11.3 Å². The molecule has 2 aromatic heterocycles. The smallest absolute Gasteiger partial charge is 0.252 e. The summed E-state index contributed by atoms with van der Waals surface area (Å²) in [6, 6.07) is 9.86. The molecule has 3 aromatic rings. The second kappa shape index (κ2) is 6.89. The molecule has 0 saturated carbocycles. The van der Waals surface area contributed by atoms with Crippen LogP contribution in [0.25, 0.3) is 22.2 Å². The zero-order valence-electron chi connectivity index (χ0n) is 13.1. The minimum Gasteiger partial charge on any atom is -0.383 e. The van der Waals surface area contributed by atoms with Crippen LogP contribution in [0, 0.1) is 6.92 Å². The third-order valence-corrected chi connectivity index (χ3v) is 4.30. The number of thiophene rings is 1. The van der Waals surface area contributed by atoms with E-state index in [1.165, 1.54) is 0 Å². The number of carbonyl (C=O) groups excluding carboxylic acids is 1. The Balaban J connectivity index is 2.08. The van der Waals surface area contributed by atoms with Gasteiger partial charge in [-0.15, -0.1) is 0 Å². The predicted molar refractivity (Wildman–Crippen MR) is 94.0 cm³/mol. The first-order chi connectivity index (χ1) is 11.2. The Morgan fingerprint density at radius 3 is 2.91 bits per heavy atom. The molecule has 0 saturated heterocycles. The Labute approximate surface area is 139 Å². The molecule has 1 amide bonds. The molecule has 0 unspecified atom stereocenters. The lowest BCUT2D eigenvalue weighted by atomic mass is 10.0. The number of methoxy groups -OCH3 is 1. The number of benzene rings is 1. The van der Waals surface area contributed by atoms with Crippen molar-refractivity contribution in [3.05, 3.63) is 52.2 Å². The first kappa shape index (κ1) is 15.6. The van der Waals surface area contributed by atoms with Crippen molar-refractivity contribution in [1.82, 2.24) is 10.3 Å². The lowest BCUT2D eigenvalue weighted by molar-refractivity contribution is 0.0938. The molecule has 1 aromatic carbocycles. The molecule has 0 aliphatic rings. The summed E-state index contributed by atoms with van der Waals surface area (Å²) in [4.78, 5) is 17.3. The summed E-state index contributed by atoms with van der Waals surface area (Å²) >= 11 is 1.62. The molecule has 23 heavy (non-hydrogen) atoms. The van der Waals surface area contributed by atoms with Crippen LogP contribution in [0.1, 0.15) is 15.9 Å². The van der Waals surface area contributed by atoms with Gasteiger partial charge in [0.25, 0.3) is 5.91 Å². The molecule has 0 spiro atoms. The molecule has 1 N–H and O–H groups in total. The quantitative estimate of drug-likeness (QED) is 0.728. The number of pyridine rings is 1. The molecule has 0 fully saturated rings. The monoisotopic (exact) mass is 326 g/mol. The molecule has 2 heterocycles. The van der Waals surface area contributed by atoms with Gasteiger partial charge < -0.3 is 10.1 Å². The van der Waals surface area contributed by atoms with Crippen LogP contribution in [0.5, 0.6) is 0 Å². The van der Waals surface area contributed by atoms with Crippen LogP contribution in [0.15, 0.2) is 41.1 Å². The predicted octanol–water partition coefficient (Wildman–Crippen LogP) is 3.65. The minimum atomic E-state index is -0.100. The van der Waals surface area contributed by atoms with E-state index in [0.717, 1.165) is 27.7 Å². The minimum absolute atomic E-state index is 0.100. The molecule has 0 radical (unpaired) electrons. The Bertz CT molecular complexity index is 828. The number of rotatable bonds is 5. The lowest BCUT2D eigenvalue weighted by Crippen LogP contribution is -2.27. The van der Waals surface area contributed by atoms with Crippen molar-refractivity contribution < 1.29 is 9.53 Å². The van der Waals surface area contributed by atoms with E-state index in [1.807, 2.05) is 48.0 Å². The number of aromatic nitrogens is 1. The normalized spacial score (nSPS) is 10.9. The van der Waals surface area contributed by atoms with Gasteiger partial charge in [0.2, 0.25) is 0 Å². The van der Waals surface area contributed by atoms with Crippen LogP contribution in [0.2, 0.25) is 0 Å². The summed E-state index contributed by atoms with van der Waals surface area (Å²) in [6.07, 6.45) is 0. The van der Waals surface area contributed by atoms with Crippen molar-refractivity contribution in [3.8, 4) is 11.3 Å². The fourth-order valence-electron chi connectivity index (χ4n) is 2.45. The summed E-state index contributed by atoms with van der Waals surface area (Å²) in [5.74, 6) is -0.100. The highest BCUT2D eigenvalue weighted by Crippen LogP contribution is 2.27. The van der Waals surface area contributed by atoms with Crippen LogP contribution in [0.4, 0.5) is 0 Å². The molecular formula is C18H18N2O2S. The number of amides is 1. The topological polar surface area (TPSA) is 51.2 Å².